The number of carboxylic acid groups (broad SMARTS) is 1. The van der Waals surface area contributed by atoms with Crippen LogP contribution in [0.5, 0.6) is 0 Å². The molecule has 0 spiro atoms. The van der Waals surface area contributed by atoms with Crippen molar-refractivity contribution in [1.82, 2.24) is 10.2 Å². The van der Waals surface area contributed by atoms with Gasteiger partial charge in [0.25, 0.3) is 5.91 Å². The smallest absolute Gasteiger partial charge is 0.337 e. The lowest BCUT2D eigenvalue weighted by Crippen LogP contribution is -2.14. The number of carbonyl (C=O) groups is 2. The molecule has 0 saturated carbocycles. The minimum Gasteiger partial charge on any atom is -0.478 e. The largest absolute Gasteiger partial charge is 0.478 e. The molecule has 1 amide bonds. The molecule has 0 bridgehead atoms. The maximum absolute atomic E-state index is 12.2. The van der Waals surface area contributed by atoms with Crippen molar-refractivity contribution >= 4 is 28.5 Å². The lowest BCUT2D eigenvalue weighted by molar-refractivity contribution is 0.0698. The lowest BCUT2D eigenvalue weighted by atomic mass is 10.1. The molecule has 0 aliphatic carbocycles. The first-order chi connectivity index (χ1) is 10.1. The standard InChI is InChI=1S/C15H11N3O3/c19-14(9-5-6-12-10(7-9)8-16-18-12)17-13-4-2-1-3-11(13)15(20)21/h1-8H,(H,16,18)(H,17,19)(H,20,21). The van der Waals surface area contributed by atoms with Gasteiger partial charge >= 0.3 is 5.97 Å². The van der Waals surface area contributed by atoms with Crippen LogP contribution in [-0.2, 0) is 0 Å². The first-order valence-corrected chi connectivity index (χ1v) is 6.22. The summed E-state index contributed by atoms with van der Waals surface area (Å²) in [6.45, 7) is 0. The summed E-state index contributed by atoms with van der Waals surface area (Å²) in [6, 6.07) is 11.4. The van der Waals surface area contributed by atoms with E-state index in [4.69, 9.17) is 5.11 Å². The maximum atomic E-state index is 12.2. The van der Waals surface area contributed by atoms with Crippen LogP contribution in [0.1, 0.15) is 20.7 Å². The van der Waals surface area contributed by atoms with E-state index in [1.165, 1.54) is 6.07 Å². The van der Waals surface area contributed by atoms with E-state index in [1.54, 1.807) is 42.6 Å². The summed E-state index contributed by atoms with van der Waals surface area (Å²) in [6.07, 6.45) is 1.62. The molecule has 21 heavy (non-hydrogen) atoms. The Kier molecular flexibility index (Phi) is 3.12. The van der Waals surface area contributed by atoms with Gasteiger partial charge in [0.1, 0.15) is 0 Å². The van der Waals surface area contributed by atoms with E-state index < -0.39 is 5.97 Å². The Bertz CT molecular complexity index is 839. The van der Waals surface area contributed by atoms with Gasteiger partial charge in [-0.25, -0.2) is 4.79 Å². The molecule has 6 nitrogen and oxygen atoms in total. The summed E-state index contributed by atoms with van der Waals surface area (Å²) in [5, 5.41) is 19.2. The van der Waals surface area contributed by atoms with Crippen molar-refractivity contribution in [2.24, 2.45) is 0 Å². The number of aromatic amines is 1. The van der Waals surface area contributed by atoms with Gasteiger partial charge in [0.2, 0.25) is 0 Å². The zero-order valence-corrected chi connectivity index (χ0v) is 10.8. The van der Waals surface area contributed by atoms with Crippen LogP contribution in [0.3, 0.4) is 0 Å². The average molecular weight is 281 g/mol. The van der Waals surface area contributed by atoms with E-state index in [0.717, 1.165) is 10.9 Å². The van der Waals surface area contributed by atoms with Crippen LogP contribution in [0.4, 0.5) is 5.69 Å². The van der Waals surface area contributed by atoms with Gasteiger partial charge in [-0.05, 0) is 30.3 Å². The van der Waals surface area contributed by atoms with Crippen molar-refractivity contribution < 1.29 is 14.7 Å². The molecule has 0 aliphatic heterocycles. The van der Waals surface area contributed by atoms with E-state index in [1.807, 2.05) is 0 Å². The van der Waals surface area contributed by atoms with Crippen LogP contribution in [0.15, 0.2) is 48.7 Å². The first-order valence-electron chi connectivity index (χ1n) is 6.22. The predicted octanol–water partition coefficient (Wildman–Crippen LogP) is 2.51. The zero-order chi connectivity index (χ0) is 14.8. The average Bonchev–Trinajstić information content (AvgIpc) is 2.94. The maximum Gasteiger partial charge on any atom is 0.337 e. The topological polar surface area (TPSA) is 95.1 Å². The number of aromatic carboxylic acids is 1. The van der Waals surface area contributed by atoms with E-state index in [9.17, 15) is 9.59 Å². The van der Waals surface area contributed by atoms with Gasteiger partial charge < -0.3 is 10.4 Å². The number of carbonyl (C=O) groups excluding carboxylic acids is 1. The second-order valence-electron chi connectivity index (χ2n) is 4.48. The zero-order valence-electron chi connectivity index (χ0n) is 10.8. The number of nitrogens with one attached hydrogen (secondary N) is 2. The number of anilines is 1. The molecule has 3 rings (SSSR count). The monoisotopic (exact) mass is 281 g/mol. The number of H-pyrrole nitrogens is 1. The number of nitrogens with zero attached hydrogens (tertiary/aromatic N) is 1. The highest BCUT2D eigenvalue weighted by Gasteiger charge is 2.13. The SMILES string of the molecule is O=C(Nc1ccccc1C(=O)O)c1ccc2[nH]ncc2c1. The van der Waals surface area contributed by atoms with Crippen LogP contribution in [0.25, 0.3) is 10.9 Å². The normalized spacial score (nSPS) is 10.5. The van der Waals surface area contributed by atoms with Crippen molar-refractivity contribution in [3.63, 3.8) is 0 Å². The number of hydrogen-bond donors (Lipinski definition) is 3. The molecule has 3 N–H and O–H groups in total. The summed E-state index contributed by atoms with van der Waals surface area (Å²) < 4.78 is 0. The molecule has 0 aliphatic rings. The first kappa shape index (κ1) is 12.9. The fraction of sp³-hybridized carbons (Fsp3) is 0. The Hall–Kier alpha value is -3.15. The highest BCUT2D eigenvalue weighted by Crippen LogP contribution is 2.18. The van der Waals surface area contributed by atoms with E-state index in [0.29, 0.717) is 5.56 Å². The van der Waals surface area contributed by atoms with E-state index >= 15 is 0 Å². The molecular weight excluding hydrogens is 270 g/mol. The molecule has 6 heteroatoms. The third-order valence-corrected chi connectivity index (χ3v) is 3.11. The fourth-order valence-electron chi connectivity index (χ4n) is 2.06. The Morgan fingerprint density at radius 2 is 1.95 bits per heavy atom. The second kappa shape index (κ2) is 5.09. The molecule has 3 aromatic rings. The van der Waals surface area contributed by atoms with E-state index in [-0.39, 0.29) is 17.2 Å². The Labute approximate surface area is 119 Å². The van der Waals surface area contributed by atoms with Crippen LogP contribution < -0.4 is 5.32 Å². The van der Waals surface area contributed by atoms with E-state index in [2.05, 4.69) is 15.5 Å². The van der Waals surface area contributed by atoms with Crippen molar-refractivity contribution in [3.05, 3.63) is 59.8 Å². The number of carboxylic acids is 1. The van der Waals surface area contributed by atoms with Gasteiger partial charge in [-0.15, -0.1) is 0 Å². The van der Waals surface area contributed by atoms with Gasteiger partial charge in [-0.2, -0.15) is 5.10 Å². The molecule has 1 aromatic heterocycles. The Morgan fingerprint density at radius 3 is 2.76 bits per heavy atom. The molecule has 0 saturated heterocycles. The second-order valence-corrected chi connectivity index (χ2v) is 4.48. The minimum atomic E-state index is -1.09. The van der Waals surface area contributed by atoms with Crippen molar-refractivity contribution in [2.45, 2.75) is 0 Å². The highest BCUT2D eigenvalue weighted by molar-refractivity contribution is 6.08. The molecule has 1 heterocycles. The lowest BCUT2D eigenvalue weighted by Gasteiger charge is -2.08. The number of para-hydroxylation sites is 1. The summed E-state index contributed by atoms with van der Waals surface area (Å²) in [5.41, 5.74) is 1.58. The van der Waals surface area contributed by atoms with Crippen molar-refractivity contribution in [1.29, 1.82) is 0 Å². The summed E-state index contributed by atoms with van der Waals surface area (Å²) >= 11 is 0. The van der Waals surface area contributed by atoms with Gasteiger partial charge in [-0.3, -0.25) is 9.89 Å². The minimum absolute atomic E-state index is 0.0511. The summed E-state index contributed by atoms with van der Waals surface area (Å²) in [7, 11) is 0. The number of aromatic nitrogens is 2. The third-order valence-electron chi connectivity index (χ3n) is 3.11. The highest BCUT2D eigenvalue weighted by atomic mass is 16.4. The fourth-order valence-corrected chi connectivity index (χ4v) is 2.06. The van der Waals surface area contributed by atoms with Crippen LogP contribution >= 0.6 is 0 Å². The number of benzene rings is 2. The van der Waals surface area contributed by atoms with Crippen molar-refractivity contribution in [3.8, 4) is 0 Å². The molecule has 0 radical (unpaired) electrons. The third kappa shape index (κ3) is 2.46. The number of fused-ring (bicyclic) bond motifs is 1. The van der Waals surface area contributed by atoms with Gasteiger partial charge in [0.15, 0.2) is 0 Å². The van der Waals surface area contributed by atoms with Gasteiger partial charge in [0, 0.05) is 10.9 Å². The van der Waals surface area contributed by atoms with Crippen LogP contribution in [0.2, 0.25) is 0 Å². The Morgan fingerprint density at radius 1 is 1.14 bits per heavy atom. The molecule has 0 atom stereocenters. The number of hydrogen-bond acceptors (Lipinski definition) is 3. The molecular formula is C15H11N3O3. The van der Waals surface area contributed by atoms with Crippen molar-refractivity contribution in [2.75, 3.05) is 5.32 Å². The van der Waals surface area contributed by atoms with Gasteiger partial charge in [-0.1, -0.05) is 12.1 Å². The summed E-state index contributed by atoms with van der Waals surface area (Å²) in [5.74, 6) is -1.46. The quantitative estimate of drug-likeness (QED) is 0.687. The molecule has 104 valence electrons. The summed E-state index contributed by atoms with van der Waals surface area (Å²) in [4.78, 5) is 23.3. The van der Waals surface area contributed by atoms with Crippen LogP contribution in [-0.4, -0.2) is 27.2 Å². The molecule has 2 aromatic carbocycles. The molecule has 0 fully saturated rings. The van der Waals surface area contributed by atoms with Gasteiger partial charge in [0.05, 0.1) is 23.0 Å². The molecule has 0 unspecified atom stereocenters. The Balaban J connectivity index is 1.91. The predicted molar refractivity (Wildman–Crippen MR) is 77.4 cm³/mol. The number of amides is 1. The number of rotatable bonds is 3. The van der Waals surface area contributed by atoms with Crippen LogP contribution in [0, 0.1) is 0 Å².